The number of rotatable bonds is 4. The zero-order valence-corrected chi connectivity index (χ0v) is 10.7. The van der Waals surface area contributed by atoms with E-state index in [1.165, 1.54) is 12.4 Å². The maximum absolute atomic E-state index is 11.8. The number of nitrogens with one attached hydrogen (secondary N) is 2. The van der Waals surface area contributed by atoms with Crippen LogP contribution in [0.1, 0.15) is 18.5 Å². The Balaban J connectivity index is 1.75. The molecule has 1 aliphatic rings. The van der Waals surface area contributed by atoms with Gasteiger partial charge in [0, 0.05) is 24.4 Å². The summed E-state index contributed by atoms with van der Waals surface area (Å²) in [6.07, 6.45) is 2.96. The van der Waals surface area contributed by atoms with E-state index >= 15 is 0 Å². The van der Waals surface area contributed by atoms with E-state index in [4.69, 9.17) is 16.7 Å². The molecule has 1 aromatic heterocycles. The molecule has 1 saturated carbocycles. The molecule has 0 bridgehead atoms. The second kappa shape index (κ2) is 5.83. The number of hydrogen-bond donors (Lipinski definition) is 3. The summed E-state index contributed by atoms with van der Waals surface area (Å²) in [4.78, 5) is 30.0. The number of nitrogens with zero attached hydrogens (tertiary/aromatic N) is 2. The van der Waals surface area contributed by atoms with Crippen LogP contribution in [-0.4, -0.2) is 33.1 Å². The first-order valence-electron chi connectivity index (χ1n) is 5.79. The lowest BCUT2D eigenvalue weighted by Crippen LogP contribution is -2.49. The number of aromatic nitrogens is 2. The third-order valence-electron chi connectivity index (χ3n) is 2.99. The number of carbonyl (C=O) groups is 2. The zero-order chi connectivity index (χ0) is 13.8. The highest BCUT2D eigenvalue weighted by atomic mass is 35.5. The second-order valence-electron chi connectivity index (χ2n) is 4.33. The normalized spacial score (nSPS) is 21.3. The van der Waals surface area contributed by atoms with Gasteiger partial charge in [0.05, 0.1) is 12.2 Å². The minimum Gasteiger partial charge on any atom is -0.465 e. The van der Waals surface area contributed by atoms with Gasteiger partial charge in [0.25, 0.3) is 0 Å². The molecule has 1 aliphatic carbocycles. The van der Waals surface area contributed by atoms with Crippen molar-refractivity contribution in [1.29, 1.82) is 0 Å². The summed E-state index contributed by atoms with van der Waals surface area (Å²) in [6.45, 7) is 0.221. The Morgan fingerprint density at radius 3 is 2.68 bits per heavy atom. The maximum Gasteiger partial charge on any atom is 0.404 e. The van der Waals surface area contributed by atoms with Crippen LogP contribution in [0.3, 0.4) is 0 Å². The van der Waals surface area contributed by atoms with Crippen LogP contribution in [0.5, 0.6) is 0 Å². The molecule has 1 fully saturated rings. The molecule has 7 nitrogen and oxygen atoms in total. The van der Waals surface area contributed by atoms with Crippen LogP contribution in [-0.2, 0) is 11.3 Å². The summed E-state index contributed by atoms with van der Waals surface area (Å²) in [6, 6.07) is -0.131. The van der Waals surface area contributed by atoms with E-state index in [2.05, 4.69) is 20.6 Å². The van der Waals surface area contributed by atoms with Gasteiger partial charge in [-0.05, 0) is 12.8 Å². The van der Waals surface area contributed by atoms with Crippen LogP contribution in [0.4, 0.5) is 4.79 Å². The standard InChI is InChI=1S/C11H13ClN4O3/c12-9-8(13-1-2-14-9)5-15-10(17)6-3-7(4-6)16-11(18)19/h1-2,6-7,16H,3-5H2,(H,15,17)(H,18,19)/t6-,7-. The van der Waals surface area contributed by atoms with Crippen molar-refractivity contribution in [2.45, 2.75) is 25.4 Å². The van der Waals surface area contributed by atoms with Crippen LogP contribution in [0.2, 0.25) is 5.15 Å². The number of carbonyl (C=O) groups excluding carboxylic acids is 1. The van der Waals surface area contributed by atoms with Gasteiger partial charge in [-0.15, -0.1) is 0 Å². The minimum absolute atomic E-state index is 0.120. The summed E-state index contributed by atoms with van der Waals surface area (Å²) in [7, 11) is 0. The Hall–Kier alpha value is -1.89. The van der Waals surface area contributed by atoms with Crippen LogP contribution >= 0.6 is 11.6 Å². The van der Waals surface area contributed by atoms with Crippen molar-refractivity contribution in [2.24, 2.45) is 5.92 Å². The molecular formula is C11H13ClN4O3. The lowest BCUT2D eigenvalue weighted by Gasteiger charge is -2.33. The Bertz CT molecular complexity index is 491. The van der Waals surface area contributed by atoms with Crippen molar-refractivity contribution in [3.05, 3.63) is 23.2 Å². The fourth-order valence-electron chi connectivity index (χ4n) is 1.91. The van der Waals surface area contributed by atoms with Crippen LogP contribution in [0.15, 0.2) is 12.4 Å². The fourth-order valence-corrected chi connectivity index (χ4v) is 2.08. The molecule has 2 rings (SSSR count). The van der Waals surface area contributed by atoms with Crippen molar-refractivity contribution in [2.75, 3.05) is 0 Å². The molecule has 19 heavy (non-hydrogen) atoms. The molecule has 0 spiro atoms. The van der Waals surface area contributed by atoms with E-state index < -0.39 is 6.09 Å². The van der Waals surface area contributed by atoms with Gasteiger partial charge in [-0.2, -0.15) is 0 Å². The molecule has 3 N–H and O–H groups in total. The van der Waals surface area contributed by atoms with Gasteiger partial charge in [-0.3, -0.25) is 9.78 Å². The van der Waals surface area contributed by atoms with Gasteiger partial charge in [-0.25, -0.2) is 9.78 Å². The average Bonchev–Trinajstić information content (AvgIpc) is 2.31. The lowest BCUT2D eigenvalue weighted by molar-refractivity contribution is -0.128. The Morgan fingerprint density at radius 1 is 1.37 bits per heavy atom. The number of carboxylic acid groups (broad SMARTS) is 1. The van der Waals surface area contributed by atoms with Crippen molar-refractivity contribution >= 4 is 23.6 Å². The SMILES string of the molecule is O=C(O)N[C@H]1C[C@H](C(=O)NCc2nccnc2Cl)C1. The van der Waals surface area contributed by atoms with Gasteiger partial charge >= 0.3 is 6.09 Å². The van der Waals surface area contributed by atoms with E-state index in [-0.39, 0.29) is 29.6 Å². The van der Waals surface area contributed by atoms with Gasteiger partial charge in [-0.1, -0.05) is 11.6 Å². The first-order chi connectivity index (χ1) is 9.06. The third kappa shape index (κ3) is 3.54. The van der Waals surface area contributed by atoms with Crippen molar-refractivity contribution in [3.63, 3.8) is 0 Å². The Kier molecular flexibility index (Phi) is 4.16. The predicted octanol–water partition coefficient (Wildman–Crippen LogP) is 0.792. The smallest absolute Gasteiger partial charge is 0.404 e. The van der Waals surface area contributed by atoms with E-state index in [1.807, 2.05) is 0 Å². The maximum atomic E-state index is 11.8. The monoisotopic (exact) mass is 284 g/mol. The molecule has 102 valence electrons. The van der Waals surface area contributed by atoms with Gasteiger partial charge in [0.2, 0.25) is 5.91 Å². The number of halogens is 1. The molecule has 0 atom stereocenters. The van der Waals surface area contributed by atoms with Gasteiger partial charge in [0.15, 0.2) is 5.15 Å². The summed E-state index contributed by atoms with van der Waals surface area (Å²) in [5, 5.41) is 13.8. The second-order valence-corrected chi connectivity index (χ2v) is 4.68. The first kappa shape index (κ1) is 13.5. The molecule has 0 radical (unpaired) electrons. The van der Waals surface area contributed by atoms with E-state index in [9.17, 15) is 9.59 Å². The molecule has 0 aliphatic heterocycles. The van der Waals surface area contributed by atoms with Crippen LogP contribution in [0, 0.1) is 5.92 Å². The third-order valence-corrected chi connectivity index (χ3v) is 3.31. The fraction of sp³-hybridized carbons (Fsp3) is 0.455. The first-order valence-corrected chi connectivity index (χ1v) is 6.16. The molecule has 8 heteroatoms. The van der Waals surface area contributed by atoms with Crippen molar-refractivity contribution < 1.29 is 14.7 Å². The molecule has 0 unspecified atom stereocenters. The quantitative estimate of drug-likeness (QED) is 0.758. The molecule has 0 saturated heterocycles. The largest absolute Gasteiger partial charge is 0.465 e. The highest BCUT2D eigenvalue weighted by Crippen LogP contribution is 2.27. The van der Waals surface area contributed by atoms with E-state index in [0.29, 0.717) is 18.5 Å². The van der Waals surface area contributed by atoms with E-state index in [1.54, 1.807) is 0 Å². The van der Waals surface area contributed by atoms with Gasteiger partial charge < -0.3 is 15.7 Å². The number of amides is 2. The Labute approximate surface area is 114 Å². The lowest BCUT2D eigenvalue weighted by atomic mass is 9.79. The van der Waals surface area contributed by atoms with Crippen molar-refractivity contribution in [3.8, 4) is 0 Å². The topological polar surface area (TPSA) is 104 Å². The van der Waals surface area contributed by atoms with Crippen LogP contribution in [0.25, 0.3) is 0 Å². The minimum atomic E-state index is -1.06. The predicted molar refractivity (Wildman–Crippen MR) is 66.6 cm³/mol. The molecule has 0 aromatic carbocycles. The summed E-state index contributed by atoms with van der Waals surface area (Å²) < 4.78 is 0. The van der Waals surface area contributed by atoms with E-state index in [0.717, 1.165) is 0 Å². The average molecular weight is 285 g/mol. The highest BCUT2D eigenvalue weighted by Gasteiger charge is 2.35. The summed E-state index contributed by atoms with van der Waals surface area (Å²) in [5.41, 5.74) is 0.511. The number of hydrogen-bond acceptors (Lipinski definition) is 4. The highest BCUT2D eigenvalue weighted by molar-refractivity contribution is 6.29. The van der Waals surface area contributed by atoms with Crippen LogP contribution < -0.4 is 10.6 Å². The summed E-state index contributed by atoms with van der Waals surface area (Å²) >= 11 is 5.82. The Morgan fingerprint density at radius 2 is 2.05 bits per heavy atom. The van der Waals surface area contributed by atoms with Gasteiger partial charge in [0.1, 0.15) is 0 Å². The molecular weight excluding hydrogens is 272 g/mol. The molecule has 1 heterocycles. The zero-order valence-electron chi connectivity index (χ0n) is 9.97. The summed E-state index contributed by atoms with van der Waals surface area (Å²) in [5.74, 6) is -0.280. The molecule has 1 aromatic rings. The van der Waals surface area contributed by atoms with Crippen molar-refractivity contribution in [1.82, 2.24) is 20.6 Å². The molecule has 2 amide bonds.